The quantitative estimate of drug-likeness (QED) is 0.925. The van der Waals surface area contributed by atoms with E-state index < -0.39 is 0 Å². The Hall–Kier alpha value is -1.46. The summed E-state index contributed by atoms with van der Waals surface area (Å²) in [6.07, 6.45) is 4.62. The molecule has 0 spiro atoms. The highest BCUT2D eigenvalue weighted by Gasteiger charge is 2.42. The molecule has 4 rings (SSSR count). The Balaban J connectivity index is 1.36. The van der Waals surface area contributed by atoms with Crippen molar-refractivity contribution in [3.63, 3.8) is 0 Å². The van der Waals surface area contributed by atoms with E-state index in [1.54, 1.807) is 6.07 Å². The number of amides is 1. The SMILES string of the molecule is O=C(NC1CC1)[C@@H]1CC[C@H]2[C@H](CCN2Cc2ccccc2F)O1. The summed E-state index contributed by atoms with van der Waals surface area (Å²) in [5.41, 5.74) is 0.738. The first-order chi connectivity index (χ1) is 11.2. The summed E-state index contributed by atoms with van der Waals surface area (Å²) in [5, 5.41) is 3.03. The molecule has 1 aromatic carbocycles. The monoisotopic (exact) mass is 318 g/mol. The second-order valence-corrected chi connectivity index (χ2v) is 6.94. The average Bonchev–Trinajstić information content (AvgIpc) is 3.28. The Morgan fingerprint density at radius 3 is 2.83 bits per heavy atom. The van der Waals surface area contributed by atoms with E-state index in [1.165, 1.54) is 6.07 Å². The lowest BCUT2D eigenvalue weighted by atomic mass is 9.98. The normalized spacial score (nSPS) is 30.9. The first kappa shape index (κ1) is 15.1. The highest BCUT2D eigenvalue weighted by molar-refractivity contribution is 5.81. The zero-order chi connectivity index (χ0) is 15.8. The van der Waals surface area contributed by atoms with E-state index in [9.17, 15) is 9.18 Å². The second kappa shape index (κ2) is 6.21. The fraction of sp³-hybridized carbons (Fsp3) is 0.611. The Labute approximate surface area is 136 Å². The molecule has 1 saturated carbocycles. The van der Waals surface area contributed by atoms with Gasteiger partial charge in [0.05, 0.1) is 6.10 Å². The van der Waals surface area contributed by atoms with Crippen molar-refractivity contribution in [1.29, 1.82) is 0 Å². The van der Waals surface area contributed by atoms with Gasteiger partial charge in [-0.1, -0.05) is 18.2 Å². The van der Waals surface area contributed by atoms with Crippen LogP contribution in [0, 0.1) is 5.82 Å². The third kappa shape index (κ3) is 3.26. The molecule has 0 bridgehead atoms. The molecule has 2 heterocycles. The maximum Gasteiger partial charge on any atom is 0.249 e. The fourth-order valence-corrected chi connectivity index (χ4v) is 3.77. The van der Waals surface area contributed by atoms with Crippen molar-refractivity contribution in [3.05, 3.63) is 35.6 Å². The lowest BCUT2D eigenvalue weighted by Gasteiger charge is -2.35. The highest BCUT2D eigenvalue weighted by Crippen LogP contribution is 2.33. The molecule has 1 aromatic rings. The zero-order valence-electron chi connectivity index (χ0n) is 13.2. The van der Waals surface area contributed by atoms with Crippen LogP contribution in [0.2, 0.25) is 0 Å². The van der Waals surface area contributed by atoms with Gasteiger partial charge in [0.1, 0.15) is 11.9 Å². The molecule has 1 N–H and O–H groups in total. The smallest absolute Gasteiger partial charge is 0.249 e. The van der Waals surface area contributed by atoms with Crippen molar-refractivity contribution in [2.75, 3.05) is 6.54 Å². The van der Waals surface area contributed by atoms with Crippen LogP contribution in [0.1, 0.15) is 37.7 Å². The van der Waals surface area contributed by atoms with E-state index in [-0.39, 0.29) is 23.9 Å². The summed E-state index contributed by atoms with van der Waals surface area (Å²) in [6, 6.07) is 7.64. The van der Waals surface area contributed by atoms with Gasteiger partial charge in [-0.05, 0) is 38.2 Å². The Kier molecular flexibility index (Phi) is 4.07. The molecule has 2 aliphatic heterocycles. The molecule has 0 unspecified atom stereocenters. The summed E-state index contributed by atoms with van der Waals surface area (Å²) in [7, 11) is 0. The minimum Gasteiger partial charge on any atom is -0.363 e. The predicted molar refractivity (Wildman–Crippen MR) is 84.3 cm³/mol. The number of carbonyl (C=O) groups excluding carboxylic acids is 1. The Morgan fingerprint density at radius 2 is 2.04 bits per heavy atom. The average molecular weight is 318 g/mol. The third-order valence-corrected chi connectivity index (χ3v) is 5.21. The molecule has 3 fully saturated rings. The summed E-state index contributed by atoms with van der Waals surface area (Å²) >= 11 is 0. The van der Waals surface area contributed by atoms with Crippen LogP contribution in [-0.4, -0.2) is 41.6 Å². The molecule has 124 valence electrons. The minimum atomic E-state index is -0.301. The lowest BCUT2D eigenvalue weighted by molar-refractivity contribution is -0.144. The van der Waals surface area contributed by atoms with Crippen molar-refractivity contribution in [1.82, 2.24) is 10.2 Å². The van der Waals surface area contributed by atoms with Crippen LogP contribution in [0.4, 0.5) is 4.39 Å². The standard InChI is InChI=1S/C18H23FN2O2/c19-14-4-2-1-3-12(14)11-21-10-9-16-15(21)7-8-17(23-16)18(22)20-13-5-6-13/h1-4,13,15-17H,5-11H2,(H,20,22)/t15-,16-,17-/m0/s1. The van der Waals surface area contributed by atoms with Crippen molar-refractivity contribution in [3.8, 4) is 0 Å². The molecule has 1 aliphatic carbocycles. The number of fused-ring (bicyclic) bond motifs is 1. The van der Waals surface area contributed by atoms with Gasteiger partial charge >= 0.3 is 0 Å². The molecule has 4 nitrogen and oxygen atoms in total. The van der Waals surface area contributed by atoms with E-state index in [2.05, 4.69) is 10.2 Å². The summed E-state index contributed by atoms with van der Waals surface area (Å²) in [6.45, 7) is 1.52. The molecule has 0 aromatic heterocycles. The number of nitrogens with zero attached hydrogens (tertiary/aromatic N) is 1. The van der Waals surface area contributed by atoms with E-state index in [4.69, 9.17) is 4.74 Å². The van der Waals surface area contributed by atoms with Gasteiger partial charge in [-0.15, -0.1) is 0 Å². The number of carbonyl (C=O) groups is 1. The van der Waals surface area contributed by atoms with Crippen LogP contribution < -0.4 is 5.32 Å². The van der Waals surface area contributed by atoms with Gasteiger partial charge in [-0.2, -0.15) is 0 Å². The molecule has 2 saturated heterocycles. The predicted octanol–water partition coefficient (Wildman–Crippen LogP) is 2.23. The van der Waals surface area contributed by atoms with Crippen LogP contribution in [0.3, 0.4) is 0 Å². The van der Waals surface area contributed by atoms with E-state index in [0.29, 0.717) is 18.6 Å². The maximum atomic E-state index is 13.9. The van der Waals surface area contributed by atoms with Crippen molar-refractivity contribution in [2.24, 2.45) is 0 Å². The third-order valence-electron chi connectivity index (χ3n) is 5.21. The number of halogens is 1. The summed E-state index contributed by atoms with van der Waals surface area (Å²) in [5.74, 6) is -0.0899. The molecule has 3 aliphatic rings. The largest absolute Gasteiger partial charge is 0.363 e. The number of ether oxygens (including phenoxy) is 1. The minimum absolute atomic E-state index is 0.0542. The second-order valence-electron chi connectivity index (χ2n) is 6.94. The van der Waals surface area contributed by atoms with Gasteiger partial charge in [-0.3, -0.25) is 9.69 Å². The fourth-order valence-electron chi connectivity index (χ4n) is 3.77. The summed E-state index contributed by atoms with van der Waals surface area (Å²) in [4.78, 5) is 14.5. The number of hydrogen-bond donors (Lipinski definition) is 1. The number of nitrogens with one attached hydrogen (secondary N) is 1. The molecule has 0 radical (unpaired) electrons. The van der Waals surface area contributed by atoms with E-state index in [1.807, 2.05) is 12.1 Å². The lowest BCUT2D eigenvalue weighted by Crippen LogP contribution is -2.48. The number of likely N-dealkylation sites (tertiary alicyclic amines) is 1. The van der Waals surface area contributed by atoms with Crippen molar-refractivity contribution >= 4 is 5.91 Å². The molecule has 1 amide bonds. The molecular weight excluding hydrogens is 295 g/mol. The molecular formula is C18H23FN2O2. The molecule has 5 heteroatoms. The van der Waals surface area contributed by atoms with Crippen LogP contribution in [0.5, 0.6) is 0 Å². The first-order valence-corrected chi connectivity index (χ1v) is 8.64. The van der Waals surface area contributed by atoms with E-state index in [0.717, 1.165) is 44.2 Å². The van der Waals surface area contributed by atoms with Crippen molar-refractivity contribution < 1.29 is 13.9 Å². The highest BCUT2D eigenvalue weighted by atomic mass is 19.1. The Bertz CT molecular complexity index is 590. The number of benzene rings is 1. The zero-order valence-corrected chi connectivity index (χ0v) is 13.2. The van der Waals surface area contributed by atoms with E-state index >= 15 is 0 Å². The first-order valence-electron chi connectivity index (χ1n) is 8.64. The van der Waals surface area contributed by atoms with Crippen LogP contribution in [-0.2, 0) is 16.1 Å². The van der Waals surface area contributed by atoms with Crippen molar-refractivity contribution in [2.45, 2.75) is 62.9 Å². The maximum absolute atomic E-state index is 13.9. The Morgan fingerprint density at radius 1 is 1.22 bits per heavy atom. The number of rotatable bonds is 4. The van der Waals surface area contributed by atoms with Gasteiger partial charge < -0.3 is 10.1 Å². The number of hydrogen-bond acceptors (Lipinski definition) is 3. The molecule has 3 atom stereocenters. The summed E-state index contributed by atoms with van der Waals surface area (Å²) < 4.78 is 19.9. The van der Waals surface area contributed by atoms with Crippen LogP contribution in [0.25, 0.3) is 0 Å². The van der Waals surface area contributed by atoms with Crippen LogP contribution >= 0.6 is 0 Å². The van der Waals surface area contributed by atoms with Gasteiger partial charge in [-0.25, -0.2) is 4.39 Å². The van der Waals surface area contributed by atoms with Gasteiger partial charge in [0.2, 0.25) is 5.91 Å². The molecule has 23 heavy (non-hydrogen) atoms. The van der Waals surface area contributed by atoms with Crippen LogP contribution in [0.15, 0.2) is 24.3 Å². The van der Waals surface area contributed by atoms with Gasteiger partial charge in [0.25, 0.3) is 0 Å². The van der Waals surface area contributed by atoms with Gasteiger partial charge in [0, 0.05) is 30.7 Å². The topological polar surface area (TPSA) is 41.6 Å². The van der Waals surface area contributed by atoms with Gasteiger partial charge in [0.15, 0.2) is 0 Å².